The second-order valence-corrected chi connectivity index (χ2v) is 7.88. The second-order valence-electron chi connectivity index (χ2n) is 6.17. The molecule has 0 aliphatic rings. The minimum atomic E-state index is 0. The van der Waals surface area contributed by atoms with Gasteiger partial charge in [0.15, 0.2) is 0 Å². The third kappa shape index (κ3) is 3.98. The molecule has 0 amide bonds. The normalized spacial score (nSPS) is 10.7. The summed E-state index contributed by atoms with van der Waals surface area (Å²) in [5.74, 6) is 0. The molecule has 0 radical (unpaired) electrons. The van der Waals surface area contributed by atoms with Crippen molar-refractivity contribution in [3.63, 3.8) is 0 Å². The lowest BCUT2D eigenvalue weighted by Gasteiger charge is -2.08. The maximum atomic E-state index is 8.81. The van der Waals surface area contributed by atoms with Gasteiger partial charge in [-0.25, -0.2) is 0 Å². The average Bonchev–Trinajstić information content (AvgIpc) is 2.91. The van der Waals surface area contributed by atoms with Crippen LogP contribution in [0.25, 0.3) is 11.0 Å². The molecule has 0 aliphatic heterocycles. The van der Waals surface area contributed by atoms with E-state index in [9.17, 15) is 0 Å². The van der Waals surface area contributed by atoms with Gasteiger partial charge in [-0.1, -0.05) is 80.4 Å². The van der Waals surface area contributed by atoms with Crippen LogP contribution in [-0.2, 0) is 13.1 Å². The van der Waals surface area contributed by atoms with E-state index in [1.165, 1.54) is 0 Å². The van der Waals surface area contributed by atoms with Crippen molar-refractivity contribution in [3.8, 4) is 0 Å². The lowest BCUT2D eigenvalue weighted by atomic mass is 10.2. The van der Waals surface area contributed by atoms with Crippen LogP contribution in [0.3, 0.4) is 0 Å². The highest BCUT2D eigenvalue weighted by molar-refractivity contribution is 9.10. The Hall–Kier alpha value is -1.63. The van der Waals surface area contributed by atoms with Gasteiger partial charge in [0.25, 0.3) is 0 Å². The molecule has 4 rings (SSSR count). The maximum Gasteiger partial charge on any atom is 0.203 e. The molecule has 27 heavy (non-hydrogen) atoms. The molecule has 0 fully saturated rings. The summed E-state index contributed by atoms with van der Waals surface area (Å²) in [6.45, 7) is 1.31. The van der Waals surface area contributed by atoms with Crippen molar-refractivity contribution in [2.24, 2.45) is 0 Å². The first-order chi connectivity index (χ1) is 12.6. The van der Waals surface area contributed by atoms with E-state index >= 15 is 0 Å². The van der Waals surface area contributed by atoms with Crippen molar-refractivity contribution in [2.45, 2.75) is 13.1 Å². The molecule has 0 atom stereocenters. The van der Waals surface area contributed by atoms with Crippen LogP contribution < -0.4 is 5.62 Å². The van der Waals surface area contributed by atoms with Gasteiger partial charge in [-0.15, -0.1) is 17.0 Å². The third-order valence-corrected chi connectivity index (χ3v) is 6.09. The van der Waals surface area contributed by atoms with Crippen molar-refractivity contribution >= 4 is 59.9 Å². The first-order valence-electron chi connectivity index (χ1n) is 8.34. The molecule has 6 heteroatoms. The van der Waals surface area contributed by atoms with Crippen LogP contribution in [-0.4, -0.2) is 9.13 Å². The van der Waals surface area contributed by atoms with Gasteiger partial charge in [0.1, 0.15) is 0 Å². The molecule has 3 aromatic carbocycles. The number of hydrogen-bond acceptors (Lipinski definition) is 1. The van der Waals surface area contributed by atoms with Crippen LogP contribution in [0.2, 0.25) is 0 Å². The molecule has 3 nitrogen and oxygen atoms in total. The van der Waals surface area contributed by atoms with Crippen molar-refractivity contribution in [2.75, 3.05) is 0 Å². The Kier molecular flexibility index (Phi) is 6.40. The van der Waals surface area contributed by atoms with Crippen LogP contribution in [0, 0.1) is 5.41 Å². The predicted molar refractivity (Wildman–Crippen MR) is 123 cm³/mol. The first-order valence-corrected chi connectivity index (χ1v) is 9.93. The van der Waals surface area contributed by atoms with E-state index in [4.69, 9.17) is 5.41 Å². The molecule has 0 unspecified atom stereocenters. The molecule has 1 N–H and O–H groups in total. The number of hydrogen-bond donors (Lipinski definition) is 1. The molecule has 1 heterocycles. The Balaban J connectivity index is 0.00000210. The molecular weight excluding hydrogens is 534 g/mol. The van der Waals surface area contributed by atoms with E-state index in [-0.39, 0.29) is 17.0 Å². The summed E-state index contributed by atoms with van der Waals surface area (Å²) in [5, 5.41) is 8.81. The van der Waals surface area contributed by atoms with Crippen molar-refractivity contribution in [1.29, 1.82) is 5.41 Å². The Labute approximate surface area is 185 Å². The second kappa shape index (κ2) is 8.59. The molecule has 0 bridgehead atoms. The quantitative estimate of drug-likeness (QED) is 0.317. The van der Waals surface area contributed by atoms with Gasteiger partial charge in [0.05, 0.1) is 24.1 Å². The summed E-state index contributed by atoms with van der Waals surface area (Å²) >= 11 is 7.25. The summed E-state index contributed by atoms with van der Waals surface area (Å²) in [6, 6.07) is 24.6. The average molecular weight is 552 g/mol. The number of nitrogens with one attached hydrogen (secondary N) is 1. The van der Waals surface area contributed by atoms with Crippen LogP contribution in [0.1, 0.15) is 11.1 Å². The number of imidazole rings is 1. The molecular formula is C21H18Br3N3. The number of fused-ring (bicyclic) bond motifs is 1. The van der Waals surface area contributed by atoms with Crippen LogP contribution in [0.15, 0.2) is 81.7 Å². The third-order valence-electron chi connectivity index (χ3n) is 4.55. The van der Waals surface area contributed by atoms with Gasteiger partial charge >= 0.3 is 0 Å². The van der Waals surface area contributed by atoms with Crippen molar-refractivity contribution < 1.29 is 0 Å². The zero-order valence-corrected chi connectivity index (χ0v) is 19.3. The predicted octanol–water partition coefficient (Wildman–Crippen LogP) is 6.12. The fourth-order valence-electron chi connectivity index (χ4n) is 3.21. The van der Waals surface area contributed by atoms with Crippen LogP contribution >= 0.6 is 48.8 Å². The summed E-state index contributed by atoms with van der Waals surface area (Å²) < 4.78 is 6.25. The van der Waals surface area contributed by atoms with E-state index in [1.54, 1.807) is 0 Å². The minimum Gasteiger partial charge on any atom is -0.306 e. The van der Waals surface area contributed by atoms with Crippen molar-refractivity contribution in [3.05, 3.63) is 98.5 Å². The van der Waals surface area contributed by atoms with E-state index in [2.05, 4.69) is 65.3 Å². The van der Waals surface area contributed by atoms with Gasteiger partial charge in [0, 0.05) is 8.95 Å². The lowest BCUT2D eigenvalue weighted by molar-refractivity contribution is 0.662. The van der Waals surface area contributed by atoms with E-state index in [0.29, 0.717) is 18.7 Å². The standard InChI is InChI=1S/C21H17Br2N3.BrH/c22-17-9-3-1-7-15(17)13-25-19-11-5-6-12-20(19)26(21(25)24)14-16-8-2-4-10-18(16)23;/h1-12,24H,13-14H2;1H. The first kappa shape index (κ1) is 20.1. The molecule has 0 spiro atoms. The molecule has 0 aliphatic carbocycles. The highest BCUT2D eigenvalue weighted by Gasteiger charge is 2.13. The Morgan fingerprint density at radius 3 is 1.41 bits per heavy atom. The zero-order chi connectivity index (χ0) is 18.1. The lowest BCUT2D eigenvalue weighted by Crippen LogP contribution is -2.25. The van der Waals surface area contributed by atoms with Crippen LogP contribution in [0.5, 0.6) is 0 Å². The van der Waals surface area contributed by atoms with Gasteiger partial charge in [-0.2, -0.15) is 0 Å². The number of halogens is 3. The van der Waals surface area contributed by atoms with Crippen molar-refractivity contribution in [1.82, 2.24) is 9.13 Å². The number of aromatic nitrogens is 2. The molecule has 4 aromatic rings. The highest BCUT2D eigenvalue weighted by Crippen LogP contribution is 2.22. The Bertz CT molecular complexity index is 1060. The Morgan fingerprint density at radius 1 is 0.630 bits per heavy atom. The van der Waals surface area contributed by atoms with E-state index < -0.39 is 0 Å². The monoisotopic (exact) mass is 549 g/mol. The van der Waals surface area contributed by atoms with E-state index in [0.717, 1.165) is 31.1 Å². The molecule has 1 aromatic heterocycles. The minimum absolute atomic E-state index is 0. The number of benzene rings is 3. The maximum absolute atomic E-state index is 8.81. The fourth-order valence-corrected chi connectivity index (χ4v) is 4.03. The zero-order valence-electron chi connectivity index (χ0n) is 14.4. The highest BCUT2D eigenvalue weighted by atomic mass is 79.9. The van der Waals surface area contributed by atoms with Gasteiger partial charge < -0.3 is 9.13 Å². The Morgan fingerprint density at radius 2 is 1.00 bits per heavy atom. The van der Waals surface area contributed by atoms with Gasteiger partial charge in [-0.3, -0.25) is 5.41 Å². The smallest absolute Gasteiger partial charge is 0.203 e. The van der Waals surface area contributed by atoms with Gasteiger partial charge in [-0.05, 0) is 35.4 Å². The molecule has 0 saturated heterocycles. The van der Waals surface area contributed by atoms with Gasteiger partial charge in [0.2, 0.25) is 5.62 Å². The summed E-state index contributed by atoms with van der Waals surface area (Å²) in [6.07, 6.45) is 0. The SMILES string of the molecule is Br.N=c1n(Cc2ccccc2Br)c2ccccc2n1Cc1ccccc1Br. The van der Waals surface area contributed by atoms with E-state index in [1.807, 2.05) is 48.5 Å². The molecule has 138 valence electrons. The summed E-state index contributed by atoms with van der Waals surface area (Å²) in [4.78, 5) is 0. The van der Waals surface area contributed by atoms with Crippen LogP contribution in [0.4, 0.5) is 0 Å². The molecule has 0 saturated carbocycles. The number of rotatable bonds is 4. The number of nitrogens with zero attached hydrogens (tertiary/aromatic N) is 2. The summed E-state index contributed by atoms with van der Waals surface area (Å²) in [7, 11) is 0. The summed E-state index contributed by atoms with van der Waals surface area (Å²) in [5.41, 5.74) is 4.96. The largest absolute Gasteiger partial charge is 0.306 e. The topological polar surface area (TPSA) is 33.7 Å². The fraction of sp³-hybridized carbons (Fsp3) is 0.0952. The number of para-hydroxylation sites is 2.